The van der Waals surface area contributed by atoms with Gasteiger partial charge in [-0.15, -0.1) is 0 Å². The Balaban J connectivity index is 1.57. The number of likely N-dealkylation sites (N-methyl/N-ethyl adjacent to an activating group) is 1. The highest BCUT2D eigenvalue weighted by atomic mass is 16.5. The first-order chi connectivity index (χ1) is 15.0. The van der Waals surface area contributed by atoms with Crippen LogP contribution in [0, 0.1) is 0 Å². The van der Waals surface area contributed by atoms with Gasteiger partial charge in [-0.05, 0) is 44.0 Å². The Kier molecular flexibility index (Phi) is 4.81. The Morgan fingerprint density at radius 1 is 1.06 bits per heavy atom. The van der Waals surface area contributed by atoms with E-state index in [0.717, 1.165) is 41.3 Å². The molecule has 2 fully saturated rings. The highest BCUT2D eigenvalue weighted by Crippen LogP contribution is 2.39. The van der Waals surface area contributed by atoms with Gasteiger partial charge in [0, 0.05) is 36.9 Å². The number of ether oxygens (including phenoxy) is 1. The van der Waals surface area contributed by atoms with E-state index >= 15 is 0 Å². The number of nitrogens with zero attached hydrogens (tertiary/aromatic N) is 5. The van der Waals surface area contributed by atoms with Crippen LogP contribution in [-0.2, 0) is 6.42 Å². The second-order valence-electron chi connectivity index (χ2n) is 8.51. The van der Waals surface area contributed by atoms with Crippen LogP contribution in [0.4, 0.5) is 17.3 Å². The van der Waals surface area contributed by atoms with E-state index in [1.54, 1.807) is 13.3 Å². The van der Waals surface area contributed by atoms with Gasteiger partial charge in [-0.2, -0.15) is 0 Å². The van der Waals surface area contributed by atoms with Gasteiger partial charge >= 0.3 is 0 Å². The number of benzene rings is 1. The summed E-state index contributed by atoms with van der Waals surface area (Å²) in [4.78, 5) is 18.6. The van der Waals surface area contributed by atoms with Crippen molar-refractivity contribution in [2.24, 2.45) is 0 Å². The molecule has 0 aliphatic carbocycles. The molecule has 4 heterocycles. The fourth-order valence-corrected chi connectivity index (χ4v) is 4.99. The van der Waals surface area contributed by atoms with Gasteiger partial charge in [-0.25, -0.2) is 15.0 Å². The van der Waals surface area contributed by atoms with Crippen LogP contribution in [0.5, 0.6) is 5.75 Å². The zero-order valence-corrected chi connectivity index (χ0v) is 18.3. The van der Waals surface area contributed by atoms with E-state index in [-0.39, 0.29) is 0 Å². The van der Waals surface area contributed by atoms with Crippen LogP contribution in [0.25, 0.3) is 22.2 Å². The average Bonchev–Trinajstić information content (AvgIpc) is 2.98. The van der Waals surface area contributed by atoms with E-state index in [1.165, 1.54) is 12.8 Å². The number of rotatable bonds is 4. The Morgan fingerprint density at radius 3 is 2.48 bits per heavy atom. The van der Waals surface area contributed by atoms with Gasteiger partial charge in [-0.3, -0.25) is 4.90 Å². The lowest BCUT2D eigenvalue weighted by molar-refractivity contribution is 0.212. The molecule has 2 unspecified atom stereocenters. The number of anilines is 3. The first-order valence-electron chi connectivity index (χ1n) is 10.9. The van der Waals surface area contributed by atoms with Crippen LogP contribution >= 0.6 is 0 Å². The highest BCUT2D eigenvalue weighted by Gasteiger charge is 2.38. The molecule has 4 N–H and O–H groups in total. The smallest absolute Gasteiger partial charge is 0.151 e. The van der Waals surface area contributed by atoms with Crippen LogP contribution in [-0.4, -0.2) is 59.2 Å². The van der Waals surface area contributed by atoms with E-state index in [2.05, 4.69) is 43.9 Å². The number of methoxy groups -OCH3 is 1. The maximum absolute atomic E-state index is 6.14. The molecule has 8 nitrogen and oxygen atoms in total. The van der Waals surface area contributed by atoms with Crippen LogP contribution in [0.3, 0.4) is 0 Å². The van der Waals surface area contributed by atoms with Gasteiger partial charge < -0.3 is 21.1 Å². The van der Waals surface area contributed by atoms with Crippen molar-refractivity contribution in [2.45, 2.75) is 38.3 Å². The minimum Gasteiger partial charge on any atom is -0.495 e. The minimum absolute atomic E-state index is 0.359. The zero-order chi connectivity index (χ0) is 21.7. The molecule has 2 bridgehead atoms. The molecule has 8 heteroatoms. The maximum atomic E-state index is 6.14. The molecule has 0 saturated carbocycles. The monoisotopic (exact) mass is 419 g/mol. The number of fused-ring (bicyclic) bond motifs is 3. The predicted octanol–water partition coefficient (Wildman–Crippen LogP) is 2.71. The van der Waals surface area contributed by atoms with Crippen molar-refractivity contribution in [3.8, 4) is 16.9 Å². The summed E-state index contributed by atoms with van der Waals surface area (Å²) in [5, 5.41) is 0. The minimum atomic E-state index is 0.359. The van der Waals surface area contributed by atoms with Gasteiger partial charge in [0.05, 0.1) is 18.5 Å². The van der Waals surface area contributed by atoms with Gasteiger partial charge in [-0.1, -0.05) is 13.0 Å². The largest absolute Gasteiger partial charge is 0.495 e. The van der Waals surface area contributed by atoms with Crippen molar-refractivity contribution in [3.05, 3.63) is 30.1 Å². The number of pyridine rings is 1. The number of hydrogen-bond donors (Lipinski definition) is 2. The van der Waals surface area contributed by atoms with Crippen molar-refractivity contribution in [3.63, 3.8) is 0 Å². The summed E-state index contributed by atoms with van der Waals surface area (Å²) < 4.78 is 5.81. The Hall–Kier alpha value is -3.13. The van der Waals surface area contributed by atoms with E-state index in [1.807, 2.05) is 13.0 Å². The summed E-state index contributed by atoms with van der Waals surface area (Å²) in [5.41, 5.74) is 17.2. The lowest BCUT2D eigenvalue weighted by atomic mass is 10.0. The summed E-state index contributed by atoms with van der Waals surface area (Å²) in [6, 6.07) is 7.50. The second-order valence-corrected chi connectivity index (χ2v) is 8.51. The van der Waals surface area contributed by atoms with Gasteiger partial charge in [0.25, 0.3) is 0 Å². The summed E-state index contributed by atoms with van der Waals surface area (Å²) in [6.07, 6.45) is 4.96. The van der Waals surface area contributed by atoms with Crippen molar-refractivity contribution >= 4 is 28.4 Å². The number of piperazine rings is 1. The van der Waals surface area contributed by atoms with E-state index in [4.69, 9.17) is 16.2 Å². The third-order valence-electron chi connectivity index (χ3n) is 6.84. The number of nitrogens with two attached hydrogens (primary N) is 2. The molecule has 0 amide bonds. The van der Waals surface area contributed by atoms with Crippen LogP contribution in [0.1, 0.15) is 25.5 Å². The summed E-state index contributed by atoms with van der Waals surface area (Å²) in [6.45, 7) is 4.04. The molecule has 1 aromatic carbocycles. The topological polar surface area (TPSA) is 106 Å². The molecule has 2 aliphatic heterocycles. The molecule has 5 rings (SSSR count). The molecule has 31 heavy (non-hydrogen) atoms. The normalized spacial score (nSPS) is 21.1. The standard InChI is InChI=1S/C23H29N7O/c1-4-17-22(24)28-20-16(10-26-23(25)21(20)27-17)13-5-8-18(19(9-13)31-3)30-11-14-6-7-15(12-30)29(14)2/h5,8-10,14-15H,4,6-7,11-12H2,1-3H3,(H2,24,28)(H2,25,26). The molecule has 2 saturated heterocycles. The highest BCUT2D eigenvalue weighted by molar-refractivity contribution is 5.97. The van der Waals surface area contributed by atoms with E-state index < -0.39 is 0 Å². The summed E-state index contributed by atoms with van der Waals surface area (Å²) in [5.74, 6) is 1.63. The lowest BCUT2D eigenvalue weighted by Crippen LogP contribution is -2.52. The first-order valence-corrected chi connectivity index (χ1v) is 10.9. The molecule has 3 aromatic rings. The second kappa shape index (κ2) is 7.53. The third-order valence-corrected chi connectivity index (χ3v) is 6.84. The number of nitrogen functional groups attached to an aromatic ring is 2. The lowest BCUT2D eigenvalue weighted by Gasteiger charge is -2.40. The summed E-state index contributed by atoms with van der Waals surface area (Å²) >= 11 is 0. The van der Waals surface area contributed by atoms with Gasteiger partial charge in [0.15, 0.2) is 5.82 Å². The molecule has 2 aromatic heterocycles. The van der Waals surface area contributed by atoms with Crippen LogP contribution in [0.2, 0.25) is 0 Å². The molecular weight excluding hydrogens is 390 g/mol. The fraction of sp³-hybridized carbons (Fsp3) is 0.435. The number of aromatic nitrogens is 3. The van der Waals surface area contributed by atoms with Crippen molar-refractivity contribution in [1.29, 1.82) is 0 Å². The van der Waals surface area contributed by atoms with Gasteiger partial charge in [0.1, 0.15) is 22.6 Å². The number of hydrogen-bond acceptors (Lipinski definition) is 8. The predicted molar refractivity (Wildman–Crippen MR) is 124 cm³/mol. The third kappa shape index (κ3) is 3.22. The number of aryl methyl sites for hydroxylation is 1. The van der Waals surface area contributed by atoms with Gasteiger partial charge in [0.2, 0.25) is 0 Å². The van der Waals surface area contributed by atoms with Crippen molar-refractivity contribution in [1.82, 2.24) is 19.9 Å². The molecule has 0 radical (unpaired) electrons. The average molecular weight is 420 g/mol. The quantitative estimate of drug-likeness (QED) is 0.665. The Labute approximate surface area is 182 Å². The summed E-state index contributed by atoms with van der Waals surface area (Å²) in [7, 11) is 3.97. The molecule has 2 aliphatic rings. The Bertz CT molecular complexity index is 1130. The van der Waals surface area contributed by atoms with Crippen LogP contribution < -0.4 is 21.1 Å². The van der Waals surface area contributed by atoms with E-state index in [9.17, 15) is 0 Å². The van der Waals surface area contributed by atoms with Crippen molar-refractivity contribution in [2.75, 3.05) is 43.6 Å². The van der Waals surface area contributed by atoms with Crippen LogP contribution in [0.15, 0.2) is 24.4 Å². The zero-order valence-electron chi connectivity index (χ0n) is 18.3. The van der Waals surface area contributed by atoms with E-state index in [0.29, 0.717) is 41.2 Å². The fourth-order valence-electron chi connectivity index (χ4n) is 4.99. The maximum Gasteiger partial charge on any atom is 0.151 e. The van der Waals surface area contributed by atoms with Crippen molar-refractivity contribution < 1.29 is 4.74 Å². The first kappa shape index (κ1) is 19.8. The molecular formula is C23H29N7O. The Morgan fingerprint density at radius 2 is 1.81 bits per heavy atom. The SMILES string of the molecule is CCc1nc2c(N)ncc(-c3ccc(N4CC5CCC(C4)N5C)c(OC)c3)c2nc1N. The molecule has 2 atom stereocenters. The molecule has 162 valence electrons. The molecule has 0 spiro atoms.